The second-order valence-corrected chi connectivity index (χ2v) is 6.89. The summed E-state index contributed by atoms with van der Waals surface area (Å²) in [4.78, 5) is 12.4. The number of nitrogens with one attached hydrogen (secondary N) is 2. The summed E-state index contributed by atoms with van der Waals surface area (Å²) in [6, 6.07) is 21.0. The Balaban J connectivity index is 1.61. The predicted octanol–water partition coefficient (Wildman–Crippen LogP) is 4.20. The van der Waals surface area contributed by atoms with Crippen molar-refractivity contribution in [1.29, 1.82) is 0 Å². The van der Waals surface area contributed by atoms with Gasteiger partial charge in [0.25, 0.3) is 0 Å². The summed E-state index contributed by atoms with van der Waals surface area (Å²) in [6.07, 6.45) is 7.30. The largest absolute Gasteiger partial charge is 0.352 e. The number of rotatable bonds is 6. The maximum atomic E-state index is 12.4. The van der Waals surface area contributed by atoms with Crippen LogP contribution in [-0.4, -0.2) is 18.5 Å². The molecule has 0 aliphatic heterocycles. The fraction of sp³-hybridized carbons (Fsp3) is 0.409. The minimum absolute atomic E-state index is 0.0299. The standard InChI is InChI=1S/C22H28N2O/c25-21(24-20-15-9-1-2-10-16-20)17-23-22(18-11-5-3-6-12-18)19-13-7-4-8-14-19/h3-8,11-14,20,22-23H,1-2,9-10,15-17H2,(H,24,25). The van der Waals surface area contributed by atoms with Crippen LogP contribution >= 0.6 is 0 Å². The monoisotopic (exact) mass is 336 g/mol. The van der Waals surface area contributed by atoms with Crippen LogP contribution in [0.25, 0.3) is 0 Å². The molecule has 2 N–H and O–H groups in total. The Morgan fingerprint density at radius 2 is 1.36 bits per heavy atom. The molecule has 0 heterocycles. The van der Waals surface area contributed by atoms with E-state index < -0.39 is 0 Å². The average molecular weight is 336 g/mol. The summed E-state index contributed by atoms with van der Waals surface area (Å²) in [5.74, 6) is 0.101. The zero-order valence-electron chi connectivity index (χ0n) is 14.8. The third-order valence-corrected chi connectivity index (χ3v) is 4.95. The predicted molar refractivity (Wildman–Crippen MR) is 102 cm³/mol. The number of amides is 1. The Bertz CT molecular complexity index is 594. The number of hydrogen-bond acceptors (Lipinski definition) is 2. The van der Waals surface area contributed by atoms with Crippen LogP contribution in [0.4, 0.5) is 0 Å². The number of carbonyl (C=O) groups excluding carboxylic acids is 1. The van der Waals surface area contributed by atoms with Crippen molar-refractivity contribution in [3.8, 4) is 0 Å². The molecule has 2 aromatic carbocycles. The van der Waals surface area contributed by atoms with Gasteiger partial charge in [-0.05, 0) is 24.0 Å². The Hall–Kier alpha value is -2.13. The van der Waals surface area contributed by atoms with Gasteiger partial charge in [0, 0.05) is 6.04 Å². The first kappa shape index (κ1) is 17.7. The molecule has 1 aliphatic rings. The molecule has 0 saturated heterocycles. The lowest BCUT2D eigenvalue weighted by atomic mass is 9.99. The molecule has 1 amide bonds. The van der Waals surface area contributed by atoms with Gasteiger partial charge in [-0.25, -0.2) is 0 Å². The van der Waals surface area contributed by atoms with Crippen molar-refractivity contribution >= 4 is 5.91 Å². The van der Waals surface area contributed by atoms with Crippen LogP contribution in [-0.2, 0) is 4.79 Å². The van der Waals surface area contributed by atoms with Gasteiger partial charge < -0.3 is 5.32 Å². The first-order chi connectivity index (χ1) is 12.3. The third-order valence-electron chi connectivity index (χ3n) is 4.95. The molecule has 1 saturated carbocycles. The van der Waals surface area contributed by atoms with E-state index in [1.165, 1.54) is 36.8 Å². The zero-order valence-corrected chi connectivity index (χ0v) is 14.8. The van der Waals surface area contributed by atoms with Gasteiger partial charge in [-0.2, -0.15) is 0 Å². The van der Waals surface area contributed by atoms with E-state index in [0.29, 0.717) is 12.6 Å². The van der Waals surface area contributed by atoms with E-state index >= 15 is 0 Å². The molecule has 0 radical (unpaired) electrons. The normalized spacial score (nSPS) is 15.7. The molecule has 0 unspecified atom stereocenters. The van der Waals surface area contributed by atoms with E-state index in [0.717, 1.165) is 12.8 Å². The molecule has 0 aromatic heterocycles. The first-order valence-corrected chi connectivity index (χ1v) is 9.45. The van der Waals surface area contributed by atoms with Gasteiger partial charge in [0.05, 0.1) is 12.6 Å². The van der Waals surface area contributed by atoms with E-state index in [2.05, 4.69) is 34.9 Å². The molecule has 3 nitrogen and oxygen atoms in total. The molecule has 3 heteroatoms. The van der Waals surface area contributed by atoms with Crippen molar-refractivity contribution in [2.75, 3.05) is 6.54 Å². The van der Waals surface area contributed by atoms with Crippen molar-refractivity contribution in [3.63, 3.8) is 0 Å². The molecule has 0 spiro atoms. The Kier molecular flexibility index (Phi) is 6.63. The molecule has 1 fully saturated rings. The molecule has 0 bridgehead atoms. The van der Waals surface area contributed by atoms with Crippen LogP contribution in [0.5, 0.6) is 0 Å². The van der Waals surface area contributed by atoms with Crippen molar-refractivity contribution in [3.05, 3.63) is 71.8 Å². The maximum absolute atomic E-state index is 12.4. The second kappa shape index (κ2) is 9.38. The van der Waals surface area contributed by atoms with Gasteiger partial charge >= 0.3 is 0 Å². The number of benzene rings is 2. The lowest BCUT2D eigenvalue weighted by Crippen LogP contribution is -2.41. The van der Waals surface area contributed by atoms with Gasteiger partial charge in [0.2, 0.25) is 5.91 Å². The number of carbonyl (C=O) groups is 1. The van der Waals surface area contributed by atoms with Gasteiger partial charge in [0.1, 0.15) is 0 Å². The highest BCUT2D eigenvalue weighted by atomic mass is 16.1. The summed E-state index contributed by atoms with van der Waals surface area (Å²) in [5.41, 5.74) is 2.35. The van der Waals surface area contributed by atoms with Gasteiger partial charge in [-0.15, -0.1) is 0 Å². The van der Waals surface area contributed by atoms with Crippen LogP contribution < -0.4 is 10.6 Å². The first-order valence-electron chi connectivity index (χ1n) is 9.45. The third kappa shape index (κ3) is 5.43. The van der Waals surface area contributed by atoms with Crippen LogP contribution in [0.2, 0.25) is 0 Å². The quantitative estimate of drug-likeness (QED) is 0.776. The summed E-state index contributed by atoms with van der Waals surface area (Å²) in [6.45, 7) is 0.338. The highest BCUT2D eigenvalue weighted by Crippen LogP contribution is 2.21. The van der Waals surface area contributed by atoms with E-state index in [1.807, 2.05) is 36.4 Å². The molecular formula is C22H28N2O. The SMILES string of the molecule is O=C(CNC(c1ccccc1)c1ccccc1)NC1CCCCCC1. The molecule has 132 valence electrons. The Morgan fingerprint density at radius 1 is 0.840 bits per heavy atom. The van der Waals surface area contributed by atoms with Crippen molar-refractivity contribution in [2.45, 2.75) is 50.6 Å². The second-order valence-electron chi connectivity index (χ2n) is 6.89. The van der Waals surface area contributed by atoms with E-state index in [-0.39, 0.29) is 11.9 Å². The molecule has 3 rings (SSSR count). The van der Waals surface area contributed by atoms with Gasteiger partial charge in [-0.1, -0.05) is 86.3 Å². The molecule has 2 aromatic rings. The van der Waals surface area contributed by atoms with Crippen LogP contribution in [0.1, 0.15) is 55.7 Å². The Labute approximate surface area is 150 Å². The summed E-state index contributed by atoms with van der Waals surface area (Å²) < 4.78 is 0. The smallest absolute Gasteiger partial charge is 0.234 e. The van der Waals surface area contributed by atoms with Crippen LogP contribution in [0.15, 0.2) is 60.7 Å². The summed E-state index contributed by atoms with van der Waals surface area (Å²) in [5, 5.41) is 6.66. The average Bonchev–Trinajstić information content (AvgIpc) is 2.92. The summed E-state index contributed by atoms with van der Waals surface area (Å²) >= 11 is 0. The fourth-order valence-electron chi connectivity index (χ4n) is 3.62. The number of hydrogen-bond donors (Lipinski definition) is 2. The lowest BCUT2D eigenvalue weighted by molar-refractivity contribution is -0.121. The van der Waals surface area contributed by atoms with Gasteiger partial charge in [-0.3, -0.25) is 10.1 Å². The van der Waals surface area contributed by atoms with Gasteiger partial charge in [0.15, 0.2) is 0 Å². The van der Waals surface area contributed by atoms with Crippen molar-refractivity contribution in [2.24, 2.45) is 0 Å². The highest BCUT2D eigenvalue weighted by Gasteiger charge is 2.17. The zero-order chi connectivity index (χ0) is 17.3. The van der Waals surface area contributed by atoms with E-state index in [9.17, 15) is 4.79 Å². The minimum atomic E-state index is 0.0299. The fourth-order valence-corrected chi connectivity index (χ4v) is 3.62. The van der Waals surface area contributed by atoms with Crippen molar-refractivity contribution in [1.82, 2.24) is 10.6 Å². The minimum Gasteiger partial charge on any atom is -0.352 e. The Morgan fingerprint density at radius 3 is 1.88 bits per heavy atom. The lowest BCUT2D eigenvalue weighted by Gasteiger charge is -2.21. The molecular weight excluding hydrogens is 308 g/mol. The van der Waals surface area contributed by atoms with Crippen LogP contribution in [0, 0.1) is 0 Å². The van der Waals surface area contributed by atoms with Crippen molar-refractivity contribution < 1.29 is 4.79 Å². The maximum Gasteiger partial charge on any atom is 0.234 e. The van der Waals surface area contributed by atoms with Crippen LogP contribution in [0.3, 0.4) is 0 Å². The molecule has 0 atom stereocenters. The van der Waals surface area contributed by atoms with E-state index in [4.69, 9.17) is 0 Å². The molecule has 25 heavy (non-hydrogen) atoms. The molecule has 1 aliphatic carbocycles. The topological polar surface area (TPSA) is 41.1 Å². The summed E-state index contributed by atoms with van der Waals surface area (Å²) in [7, 11) is 0. The highest BCUT2D eigenvalue weighted by molar-refractivity contribution is 5.78. The van der Waals surface area contributed by atoms with E-state index in [1.54, 1.807) is 0 Å².